The zero-order valence-electron chi connectivity index (χ0n) is 7.59. The van der Waals surface area contributed by atoms with Gasteiger partial charge in [0, 0.05) is 11.1 Å². The Morgan fingerprint density at radius 3 is 2.86 bits per heavy atom. The first-order valence-corrected chi connectivity index (χ1v) is 5.27. The van der Waals surface area contributed by atoms with Crippen LogP contribution in [0.25, 0.3) is 0 Å². The SMILES string of the molecule is NC(=S)NC1Cc2ccc(Cl)cc2C1. The Morgan fingerprint density at radius 2 is 2.14 bits per heavy atom. The summed E-state index contributed by atoms with van der Waals surface area (Å²) in [6.45, 7) is 0. The van der Waals surface area contributed by atoms with Crippen molar-refractivity contribution >= 4 is 28.9 Å². The van der Waals surface area contributed by atoms with Crippen LogP contribution in [0.4, 0.5) is 0 Å². The van der Waals surface area contributed by atoms with Crippen molar-refractivity contribution in [3.05, 3.63) is 34.3 Å². The van der Waals surface area contributed by atoms with E-state index in [1.165, 1.54) is 11.1 Å². The molecule has 74 valence electrons. The number of nitrogens with one attached hydrogen (secondary N) is 1. The van der Waals surface area contributed by atoms with E-state index in [0.29, 0.717) is 11.2 Å². The smallest absolute Gasteiger partial charge is 0.163 e. The van der Waals surface area contributed by atoms with Gasteiger partial charge < -0.3 is 11.1 Å². The maximum absolute atomic E-state index is 5.91. The number of halogens is 1. The van der Waals surface area contributed by atoms with Gasteiger partial charge in [0.25, 0.3) is 0 Å². The molecule has 1 aliphatic carbocycles. The van der Waals surface area contributed by atoms with Crippen LogP contribution in [-0.4, -0.2) is 11.2 Å². The molecule has 1 aromatic carbocycles. The predicted octanol–water partition coefficient (Wildman–Crippen LogP) is 1.64. The molecule has 2 rings (SSSR count). The molecule has 0 saturated carbocycles. The van der Waals surface area contributed by atoms with Crippen LogP contribution >= 0.6 is 23.8 Å². The second kappa shape index (κ2) is 3.75. The molecule has 0 saturated heterocycles. The molecule has 0 amide bonds. The fourth-order valence-electron chi connectivity index (χ4n) is 1.89. The van der Waals surface area contributed by atoms with E-state index < -0.39 is 0 Å². The number of benzene rings is 1. The number of nitrogens with two attached hydrogens (primary N) is 1. The van der Waals surface area contributed by atoms with Crippen LogP contribution in [0, 0.1) is 0 Å². The summed E-state index contributed by atoms with van der Waals surface area (Å²) in [5, 5.41) is 4.24. The van der Waals surface area contributed by atoms with Crippen LogP contribution in [-0.2, 0) is 12.8 Å². The van der Waals surface area contributed by atoms with Gasteiger partial charge in [-0.3, -0.25) is 0 Å². The van der Waals surface area contributed by atoms with Crippen LogP contribution in [0.1, 0.15) is 11.1 Å². The standard InChI is InChI=1S/C10H11ClN2S/c11-8-2-1-6-4-9(13-10(12)14)5-7(6)3-8/h1-3,9H,4-5H2,(H3,12,13,14). The molecule has 1 aromatic rings. The number of rotatable bonds is 1. The molecular weight excluding hydrogens is 216 g/mol. The Morgan fingerprint density at radius 1 is 1.43 bits per heavy atom. The zero-order chi connectivity index (χ0) is 10.1. The molecule has 0 aliphatic heterocycles. The molecular formula is C10H11ClN2S. The summed E-state index contributed by atoms with van der Waals surface area (Å²) >= 11 is 10.7. The van der Waals surface area contributed by atoms with Crippen molar-refractivity contribution in [2.45, 2.75) is 18.9 Å². The first-order valence-electron chi connectivity index (χ1n) is 4.48. The fraction of sp³-hybridized carbons (Fsp3) is 0.300. The highest BCUT2D eigenvalue weighted by atomic mass is 35.5. The summed E-state index contributed by atoms with van der Waals surface area (Å²) < 4.78 is 0. The van der Waals surface area contributed by atoms with E-state index in [-0.39, 0.29) is 0 Å². The van der Waals surface area contributed by atoms with Gasteiger partial charge >= 0.3 is 0 Å². The lowest BCUT2D eigenvalue weighted by atomic mass is 10.1. The Kier molecular flexibility index (Phi) is 2.61. The molecule has 1 atom stereocenters. The van der Waals surface area contributed by atoms with Gasteiger partial charge in [-0.05, 0) is 48.3 Å². The lowest BCUT2D eigenvalue weighted by Crippen LogP contribution is -2.38. The van der Waals surface area contributed by atoms with E-state index in [0.717, 1.165) is 17.9 Å². The molecule has 14 heavy (non-hydrogen) atoms. The summed E-state index contributed by atoms with van der Waals surface area (Å²) in [5.74, 6) is 0. The maximum atomic E-state index is 5.91. The highest BCUT2D eigenvalue weighted by Crippen LogP contribution is 2.25. The van der Waals surface area contributed by atoms with Crippen molar-refractivity contribution in [1.82, 2.24) is 5.32 Å². The maximum Gasteiger partial charge on any atom is 0.163 e. The number of hydrogen-bond acceptors (Lipinski definition) is 1. The van der Waals surface area contributed by atoms with Gasteiger partial charge in [0.1, 0.15) is 0 Å². The first-order chi connectivity index (χ1) is 6.65. The minimum Gasteiger partial charge on any atom is -0.376 e. The lowest BCUT2D eigenvalue weighted by molar-refractivity contribution is 0.646. The summed E-state index contributed by atoms with van der Waals surface area (Å²) in [5.41, 5.74) is 8.07. The lowest BCUT2D eigenvalue weighted by Gasteiger charge is -2.10. The van der Waals surface area contributed by atoms with Crippen LogP contribution in [0.2, 0.25) is 5.02 Å². The van der Waals surface area contributed by atoms with Crippen LogP contribution in [0.5, 0.6) is 0 Å². The van der Waals surface area contributed by atoms with Crippen molar-refractivity contribution in [1.29, 1.82) is 0 Å². The van der Waals surface area contributed by atoms with Crippen molar-refractivity contribution < 1.29 is 0 Å². The second-order valence-corrected chi connectivity index (χ2v) is 4.40. The van der Waals surface area contributed by atoms with Crippen LogP contribution < -0.4 is 11.1 Å². The Hall–Kier alpha value is -0.800. The van der Waals surface area contributed by atoms with Gasteiger partial charge in [-0.2, -0.15) is 0 Å². The summed E-state index contributed by atoms with van der Waals surface area (Å²) in [6.07, 6.45) is 1.93. The molecule has 0 bridgehead atoms. The van der Waals surface area contributed by atoms with Crippen molar-refractivity contribution in [3.63, 3.8) is 0 Å². The van der Waals surface area contributed by atoms with Crippen molar-refractivity contribution in [2.75, 3.05) is 0 Å². The third-order valence-corrected chi connectivity index (χ3v) is 2.80. The van der Waals surface area contributed by atoms with Crippen LogP contribution in [0.3, 0.4) is 0 Å². The number of thiocarbonyl (C=S) groups is 1. The monoisotopic (exact) mass is 226 g/mol. The number of fused-ring (bicyclic) bond motifs is 1. The van der Waals surface area contributed by atoms with E-state index in [9.17, 15) is 0 Å². The average Bonchev–Trinajstić information content (AvgIpc) is 2.44. The number of hydrogen-bond donors (Lipinski definition) is 2. The Bertz CT molecular complexity index is 378. The van der Waals surface area contributed by atoms with E-state index in [2.05, 4.69) is 11.4 Å². The molecule has 1 aliphatic rings. The molecule has 3 N–H and O–H groups in total. The third-order valence-electron chi connectivity index (χ3n) is 2.45. The highest BCUT2D eigenvalue weighted by molar-refractivity contribution is 7.80. The van der Waals surface area contributed by atoms with Crippen molar-refractivity contribution in [2.24, 2.45) is 5.73 Å². The molecule has 2 nitrogen and oxygen atoms in total. The average molecular weight is 227 g/mol. The molecule has 0 fully saturated rings. The summed E-state index contributed by atoms with van der Waals surface area (Å²) in [6, 6.07) is 6.33. The minimum atomic E-state index is 0.334. The largest absolute Gasteiger partial charge is 0.376 e. The molecule has 4 heteroatoms. The molecule has 0 spiro atoms. The van der Waals surface area contributed by atoms with E-state index >= 15 is 0 Å². The normalized spacial score (nSPS) is 19.1. The predicted molar refractivity (Wildman–Crippen MR) is 62.6 cm³/mol. The van der Waals surface area contributed by atoms with E-state index in [1.54, 1.807) is 0 Å². The second-order valence-electron chi connectivity index (χ2n) is 3.53. The van der Waals surface area contributed by atoms with E-state index in [4.69, 9.17) is 29.6 Å². The van der Waals surface area contributed by atoms with Crippen molar-refractivity contribution in [3.8, 4) is 0 Å². The van der Waals surface area contributed by atoms with Gasteiger partial charge in [-0.15, -0.1) is 0 Å². The van der Waals surface area contributed by atoms with Gasteiger partial charge in [0.05, 0.1) is 0 Å². The molecule has 0 radical (unpaired) electrons. The minimum absolute atomic E-state index is 0.334. The van der Waals surface area contributed by atoms with Gasteiger partial charge in [0.2, 0.25) is 0 Å². The third kappa shape index (κ3) is 1.99. The first kappa shape index (κ1) is 9.74. The molecule has 0 aromatic heterocycles. The highest BCUT2D eigenvalue weighted by Gasteiger charge is 2.21. The summed E-state index contributed by atoms with van der Waals surface area (Å²) in [4.78, 5) is 0. The zero-order valence-corrected chi connectivity index (χ0v) is 9.16. The van der Waals surface area contributed by atoms with E-state index in [1.807, 2.05) is 12.1 Å². The topological polar surface area (TPSA) is 38.0 Å². The van der Waals surface area contributed by atoms with Gasteiger partial charge in [0.15, 0.2) is 5.11 Å². The van der Waals surface area contributed by atoms with Gasteiger partial charge in [-0.25, -0.2) is 0 Å². The Labute approximate surface area is 93.4 Å². The molecule has 0 heterocycles. The van der Waals surface area contributed by atoms with Crippen LogP contribution in [0.15, 0.2) is 18.2 Å². The molecule has 1 unspecified atom stereocenters. The quantitative estimate of drug-likeness (QED) is 0.716. The fourth-order valence-corrected chi connectivity index (χ4v) is 2.25. The summed E-state index contributed by atoms with van der Waals surface area (Å²) in [7, 11) is 0. The Balaban J connectivity index is 2.14. The van der Waals surface area contributed by atoms with Gasteiger partial charge in [-0.1, -0.05) is 17.7 Å².